The summed E-state index contributed by atoms with van der Waals surface area (Å²) in [7, 11) is -2.59. The molecule has 0 spiro atoms. The lowest BCUT2D eigenvalue weighted by molar-refractivity contribution is -0.126. The smallest absolute Gasteiger partial charge is 0.243 e. The first-order valence-electron chi connectivity index (χ1n) is 9.58. The van der Waals surface area contributed by atoms with E-state index in [1.54, 1.807) is 0 Å². The van der Waals surface area contributed by atoms with Gasteiger partial charge in [0.1, 0.15) is 0 Å². The van der Waals surface area contributed by atoms with Crippen LogP contribution in [0.25, 0.3) is 0 Å². The monoisotopic (exact) mass is 424 g/mol. The topological polar surface area (TPSA) is 125 Å². The molecule has 0 bridgehead atoms. The highest BCUT2D eigenvalue weighted by molar-refractivity contribution is 7.89. The van der Waals surface area contributed by atoms with Gasteiger partial charge in [-0.25, -0.2) is 8.42 Å². The molecule has 3 N–H and O–H groups in total. The lowest BCUT2D eigenvalue weighted by Gasteiger charge is -2.23. The molecule has 1 aromatic carbocycles. The Balaban J connectivity index is 1.83. The van der Waals surface area contributed by atoms with E-state index in [4.69, 9.17) is 0 Å². The number of likely N-dealkylation sites (N-methyl/N-ethyl adjacent to an activating group) is 1. The molecule has 1 aromatic rings. The largest absolute Gasteiger partial charge is 0.352 e. The van der Waals surface area contributed by atoms with Gasteiger partial charge in [0, 0.05) is 25.7 Å². The number of sulfonamides is 1. The summed E-state index contributed by atoms with van der Waals surface area (Å²) in [5.41, 5.74) is 0.473. The Kier molecular flexibility index (Phi) is 8.15. The number of nitrogens with one attached hydrogen (secondary N) is 3. The average molecular weight is 425 g/mol. The van der Waals surface area contributed by atoms with Gasteiger partial charge in [-0.3, -0.25) is 14.4 Å². The van der Waals surface area contributed by atoms with E-state index in [1.807, 2.05) is 0 Å². The zero-order valence-corrected chi connectivity index (χ0v) is 17.5. The Hall–Kier alpha value is -2.46. The third kappa shape index (κ3) is 7.13. The fourth-order valence-corrected chi connectivity index (χ4v) is 4.27. The molecule has 160 valence electrons. The van der Waals surface area contributed by atoms with Crippen molar-refractivity contribution in [2.75, 3.05) is 25.5 Å². The molecule has 0 unspecified atom stereocenters. The minimum atomic E-state index is -3.88. The molecular weight excluding hydrogens is 396 g/mol. The number of rotatable bonds is 8. The van der Waals surface area contributed by atoms with Gasteiger partial charge in [0.25, 0.3) is 0 Å². The van der Waals surface area contributed by atoms with Crippen molar-refractivity contribution in [3.05, 3.63) is 24.3 Å². The average Bonchev–Trinajstić information content (AvgIpc) is 2.67. The summed E-state index contributed by atoms with van der Waals surface area (Å²) in [4.78, 5) is 35.0. The van der Waals surface area contributed by atoms with Crippen LogP contribution >= 0.6 is 0 Å². The highest BCUT2D eigenvalue weighted by Crippen LogP contribution is 2.18. The second-order valence-electron chi connectivity index (χ2n) is 7.15. The van der Waals surface area contributed by atoms with Crippen LogP contribution in [0.4, 0.5) is 5.69 Å². The van der Waals surface area contributed by atoms with Crippen LogP contribution in [0.2, 0.25) is 0 Å². The van der Waals surface area contributed by atoms with E-state index < -0.39 is 22.5 Å². The van der Waals surface area contributed by atoms with E-state index in [2.05, 4.69) is 16.0 Å². The second kappa shape index (κ2) is 10.4. The Morgan fingerprint density at radius 3 is 2.24 bits per heavy atom. The second-order valence-corrected chi connectivity index (χ2v) is 9.19. The zero-order valence-electron chi connectivity index (χ0n) is 16.7. The van der Waals surface area contributed by atoms with Crippen molar-refractivity contribution < 1.29 is 22.8 Å². The predicted octanol–water partition coefficient (Wildman–Crippen LogP) is 0.831. The molecule has 1 fully saturated rings. The molecule has 9 nitrogen and oxygen atoms in total. The third-order valence-electron chi connectivity index (χ3n) is 4.67. The van der Waals surface area contributed by atoms with Crippen LogP contribution in [0.1, 0.15) is 39.0 Å². The molecule has 0 radical (unpaired) electrons. The molecule has 29 heavy (non-hydrogen) atoms. The van der Waals surface area contributed by atoms with E-state index in [9.17, 15) is 22.8 Å². The van der Waals surface area contributed by atoms with Crippen molar-refractivity contribution in [2.45, 2.75) is 50.0 Å². The highest BCUT2D eigenvalue weighted by Gasteiger charge is 2.23. The quantitative estimate of drug-likeness (QED) is 0.570. The van der Waals surface area contributed by atoms with Gasteiger partial charge in [-0.15, -0.1) is 0 Å². The minimum Gasteiger partial charge on any atom is -0.352 e. The standard InChI is InChI=1S/C19H28N4O5S/c1-14(24)21-16-8-10-17(11-9-16)29(27,28)23(2)13-19(26)20-12-18(25)22-15-6-4-3-5-7-15/h8-11,15H,3-7,12-13H2,1-2H3,(H,20,26)(H,21,24)(H,22,25). The Morgan fingerprint density at radius 1 is 1.03 bits per heavy atom. The van der Waals surface area contributed by atoms with Gasteiger partial charge >= 0.3 is 0 Å². The van der Waals surface area contributed by atoms with Crippen LogP contribution in [0.5, 0.6) is 0 Å². The maximum absolute atomic E-state index is 12.6. The zero-order chi connectivity index (χ0) is 21.4. The molecule has 0 atom stereocenters. The molecule has 0 aromatic heterocycles. The lowest BCUT2D eigenvalue weighted by Crippen LogP contribution is -2.45. The number of carbonyl (C=O) groups excluding carboxylic acids is 3. The molecule has 0 aliphatic heterocycles. The van der Waals surface area contributed by atoms with Gasteiger partial charge in [-0.05, 0) is 37.1 Å². The van der Waals surface area contributed by atoms with Gasteiger partial charge in [-0.2, -0.15) is 4.31 Å². The van der Waals surface area contributed by atoms with Crippen LogP contribution in [-0.4, -0.2) is 56.6 Å². The van der Waals surface area contributed by atoms with Crippen LogP contribution < -0.4 is 16.0 Å². The van der Waals surface area contributed by atoms with Crippen molar-refractivity contribution in [3.63, 3.8) is 0 Å². The summed E-state index contributed by atoms with van der Waals surface area (Å²) in [5, 5.41) is 7.89. The molecule has 1 saturated carbocycles. The first kappa shape index (κ1) is 22.8. The molecule has 1 aliphatic rings. The Morgan fingerprint density at radius 2 is 1.66 bits per heavy atom. The number of benzene rings is 1. The normalized spacial score (nSPS) is 15.0. The predicted molar refractivity (Wildman–Crippen MR) is 109 cm³/mol. The van der Waals surface area contributed by atoms with Gasteiger partial charge in [0.2, 0.25) is 27.7 Å². The lowest BCUT2D eigenvalue weighted by atomic mass is 9.95. The number of amides is 3. The van der Waals surface area contributed by atoms with Gasteiger partial charge in [0.15, 0.2) is 0 Å². The number of hydrogen-bond acceptors (Lipinski definition) is 5. The van der Waals surface area contributed by atoms with Gasteiger partial charge in [-0.1, -0.05) is 19.3 Å². The van der Waals surface area contributed by atoms with Crippen molar-refractivity contribution in [2.24, 2.45) is 0 Å². The fourth-order valence-electron chi connectivity index (χ4n) is 3.14. The van der Waals surface area contributed by atoms with Crippen LogP contribution in [0.15, 0.2) is 29.2 Å². The summed E-state index contributed by atoms with van der Waals surface area (Å²) in [5.74, 6) is -1.10. The molecule has 2 rings (SSSR count). The summed E-state index contributed by atoms with van der Waals surface area (Å²) in [6.45, 7) is 0.758. The first-order chi connectivity index (χ1) is 13.7. The maximum Gasteiger partial charge on any atom is 0.243 e. The molecule has 1 aliphatic carbocycles. The van der Waals surface area contributed by atoms with Crippen molar-refractivity contribution in [1.29, 1.82) is 0 Å². The van der Waals surface area contributed by atoms with E-state index >= 15 is 0 Å². The van der Waals surface area contributed by atoms with Gasteiger partial charge < -0.3 is 16.0 Å². The van der Waals surface area contributed by atoms with E-state index in [0.717, 1.165) is 30.0 Å². The van der Waals surface area contributed by atoms with Crippen LogP contribution in [0.3, 0.4) is 0 Å². The molecule has 0 saturated heterocycles. The van der Waals surface area contributed by atoms with Crippen molar-refractivity contribution >= 4 is 33.4 Å². The molecule has 10 heteroatoms. The SMILES string of the molecule is CC(=O)Nc1ccc(S(=O)(=O)N(C)CC(=O)NCC(=O)NC2CCCCC2)cc1. The fraction of sp³-hybridized carbons (Fsp3) is 0.526. The van der Waals surface area contributed by atoms with Crippen LogP contribution in [-0.2, 0) is 24.4 Å². The number of hydrogen-bond donors (Lipinski definition) is 3. The van der Waals surface area contributed by atoms with Gasteiger partial charge in [0.05, 0.1) is 18.0 Å². The van der Waals surface area contributed by atoms with E-state index in [-0.39, 0.29) is 29.3 Å². The molecular formula is C19H28N4O5S. The van der Waals surface area contributed by atoms with Crippen molar-refractivity contribution in [1.82, 2.24) is 14.9 Å². The maximum atomic E-state index is 12.6. The van der Waals surface area contributed by atoms with Crippen molar-refractivity contribution in [3.8, 4) is 0 Å². The first-order valence-corrected chi connectivity index (χ1v) is 11.0. The highest BCUT2D eigenvalue weighted by atomic mass is 32.2. The third-order valence-corrected chi connectivity index (χ3v) is 6.48. The van der Waals surface area contributed by atoms with E-state index in [0.29, 0.717) is 5.69 Å². The Labute approximate surface area is 171 Å². The minimum absolute atomic E-state index is 0.00283. The van der Waals surface area contributed by atoms with E-state index in [1.165, 1.54) is 44.7 Å². The summed E-state index contributed by atoms with van der Waals surface area (Å²) < 4.78 is 26.1. The summed E-state index contributed by atoms with van der Waals surface area (Å²) in [6, 6.07) is 5.80. The molecule has 3 amide bonds. The number of anilines is 1. The summed E-state index contributed by atoms with van der Waals surface area (Å²) >= 11 is 0. The number of nitrogens with zero attached hydrogens (tertiary/aromatic N) is 1. The Bertz CT molecular complexity index is 833. The van der Waals surface area contributed by atoms with Crippen LogP contribution in [0, 0.1) is 0 Å². The molecule has 0 heterocycles. The summed E-state index contributed by atoms with van der Waals surface area (Å²) in [6.07, 6.45) is 5.25. The number of carbonyl (C=O) groups is 3.